The first-order chi connectivity index (χ1) is 7.99. The van der Waals surface area contributed by atoms with E-state index in [1.54, 1.807) is 0 Å². The van der Waals surface area contributed by atoms with Crippen LogP contribution in [0, 0.1) is 8.98 Å². The minimum atomic E-state index is 0.262. The van der Waals surface area contributed by atoms with Crippen molar-refractivity contribution in [3.63, 3.8) is 0 Å². The minimum absolute atomic E-state index is 0.262. The lowest BCUT2D eigenvalue weighted by molar-refractivity contribution is 0.219. The van der Waals surface area contributed by atoms with Gasteiger partial charge >= 0.3 is 0 Å². The summed E-state index contributed by atoms with van der Waals surface area (Å²) in [5.74, 6) is 0.262. The number of benzene rings is 1. The molecule has 0 saturated heterocycles. The summed E-state index contributed by atoms with van der Waals surface area (Å²) in [6.45, 7) is 6.11. The predicted octanol–water partition coefficient (Wildman–Crippen LogP) is 2.83. The van der Waals surface area contributed by atoms with E-state index in [0.717, 1.165) is 13.1 Å². The molecule has 3 nitrogen and oxygen atoms in total. The average Bonchev–Trinajstić information content (AvgIpc) is 2.26. The lowest BCUT2D eigenvalue weighted by Crippen LogP contribution is -2.33. The number of amidine groups is 1. The molecule has 1 aromatic rings. The second-order valence-corrected chi connectivity index (χ2v) is 5.71. The molecule has 0 bridgehead atoms. The van der Waals surface area contributed by atoms with Gasteiger partial charge in [0.1, 0.15) is 0 Å². The lowest BCUT2D eigenvalue weighted by atomic mass is 10.2. The number of rotatable bonds is 6. The highest BCUT2D eigenvalue weighted by Gasteiger charge is 2.10. The van der Waals surface area contributed by atoms with Crippen LogP contribution < -0.4 is 5.73 Å². The van der Waals surface area contributed by atoms with Crippen LogP contribution in [-0.4, -0.2) is 23.3 Å². The molecule has 0 aromatic heterocycles. The summed E-state index contributed by atoms with van der Waals surface area (Å²) >= 11 is 2.31. The number of nitrogens with zero attached hydrogens (tertiary/aromatic N) is 1. The van der Waals surface area contributed by atoms with Crippen LogP contribution >= 0.6 is 22.6 Å². The Labute approximate surface area is 117 Å². The van der Waals surface area contributed by atoms with Crippen LogP contribution in [0.25, 0.3) is 0 Å². The second-order valence-electron chi connectivity index (χ2n) is 4.47. The van der Waals surface area contributed by atoms with Crippen molar-refractivity contribution in [1.29, 1.82) is 5.41 Å². The number of nitrogens with two attached hydrogens (primary N) is 1. The van der Waals surface area contributed by atoms with Gasteiger partial charge in [-0.1, -0.05) is 12.1 Å². The molecule has 0 aliphatic carbocycles. The van der Waals surface area contributed by atoms with Crippen LogP contribution in [0.2, 0.25) is 0 Å². The second kappa shape index (κ2) is 6.96. The van der Waals surface area contributed by atoms with Crippen LogP contribution in [0.4, 0.5) is 0 Å². The molecule has 3 N–H and O–H groups in total. The van der Waals surface area contributed by atoms with Crippen molar-refractivity contribution in [2.45, 2.75) is 32.9 Å². The van der Waals surface area contributed by atoms with E-state index >= 15 is 0 Å². The number of halogens is 1. The van der Waals surface area contributed by atoms with Crippen molar-refractivity contribution in [3.8, 4) is 0 Å². The van der Waals surface area contributed by atoms with Gasteiger partial charge in [-0.25, -0.2) is 0 Å². The van der Waals surface area contributed by atoms with Crippen LogP contribution in [-0.2, 0) is 6.54 Å². The van der Waals surface area contributed by atoms with Crippen LogP contribution in [0.5, 0.6) is 0 Å². The third-order valence-electron chi connectivity index (χ3n) is 2.70. The number of hydrogen-bond donors (Lipinski definition) is 2. The largest absolute Gasteiger partial charge is 0.388 e. The van der Waals surface area contributed by atoms with Gasteiger partial charge in [0.25, 0.3) is 0 Å². The maximum atomic E-state index is 7.29. The van der Waals surface area contributed by atoms with Gasteiger partial charge in [-0.15, -0.1) is 0 Å². The van der Waals surface area contributed by atoms with E-state index in [0.29, 0.717) is 12.5 Å². The van der Waals surface area contributed by atoms with Crippen molar-refractivity contribution in [3.05, 3.63) is 33.4 Å². The molecular weight excluding hydrogens is 325 g/mol. The molecule has 0 spiro atoms. The van der Waals surface area contributed by atoms with E-state index in [1.807, 2.05) is 0 Å². The SMILES string of the molecule is CC(C)N(CCC(=N)N)Cc1ccc(I)cc1. The summed E-state index contributed by atoms with van der Waals surface area (Å²) in [5, 5.41) is 7.29. The summed E-state index contributed by atoms with van der Waals surface area (Å²) in [4.78, 5) is 2.34. The maximum Gasteiger partial charge on any atom is 0.0918 e. The van der Waals surface area contributed by atoms with Gasteiger partial charge in [0.15, 0.2) is 0 Å². The topological polar surface area (TPSA) is 53.1 Å². The van der Waals surface area contributed by atoms with Crippen molar-refractivity contribution < 1.29 is 0 Å². The fraction of sp³-hybridized carbons (Fsp3) is 0.462. The zero-order valence-electron chi connectivity index (χ0n) is 10.4. The highest BCUT2D eigenvalue weighted by molar-refractivity contribution is 14.1. The summed E-state index contributed by atoms with van der Waals surface area (Å²) < 4.78 is 1.26. The van der Waals surface area contributed by atoms with E-state index in [9.17, 15) is 0 Å². The Bertz CT molecular complexity index is 359. The summed E-state index contributed by atoms with van der Waals surface area (Å²) in [6, 6.07) is 9.03. The fourth-order valence-corrected chi connectivity index (χ4v) is 1.97. The van der Waals surface area contributed by atoms with Gasteiger partial charge in [-0.3, -0.25) is 10.3 Å². The van der Waals surface area contributed by atoms with Crippen molar-refractivity contribution in [1.82, 2.24) is 4.90 Å². The third-order valence-corrected chi connectivity index (χ3v) is 3.42. The van der Waals surface area contributed by atoms with Gasteiger partial charge in [-0.05, 0) is 54.1 Å². The number of nitrogens with one attached hydrogen (secondary N) is 1. The fourth-order valence-electron chi connectivity index (χ4n) is 1.61. The average molecular weight is 345 g/mol. The molecule has 0 aliphatic heterocycles. The molecule has 0 heterocycles. The molecule has 17 heavy (non-hydrogen) atoms. The Balaban J connectivity index is 2.60. The molecular formula is C13H20IN3. The zero-order chi connectivity index (χ0) is 12.8. The molecule has 1 aromatic carbocycles. The van der Waals surface area contributed by atoms with Gasteiger partial charge in [0, 0.05) is 29.1 Å². The predicted molar refractivity (Wildman–Crippen MR) is 81.2 cm³/mol. The lowest BCUT2D eigenvalue weighted by Gasteiger charge is -2.26. The molecule has 0 amide bonds. The van der Waals surface area contributed by atoms with E-state index < -0.39 is 0 Å². The van der Waals surface area contributed by atoms with Gasteiger partial charge in [0.2, 0.25) is 0 Å². The molecule has 0 radical (unpaired) electrons. The number of hydrogen-bond acceptors (Lipinski definition) is 2. The summed E-state index contributed by atoms with van der Waals surface area (Å²) in [7, 11) is 0. The van der Waals surface area contributed by atoms with Gasteiger partial charge in [0.05, 0.1) is 5.84 Å². The Kier molecular flexibility index (Phi) is 5.91. The first-order valence-electron chi connectivity index (χ1n) is 5.80. The molecule has 94 valence electrons. The minimum Gasteiger partial charge on any atom is -0.388 e. The Morgan fingerprint density at radius 1 is 1.35 bits per heavy atom. The Hall–Kier alpha value is -0.620. The highest BCUT2D eigenvalue weighted by Crippen LogP contribution is 2.11. The van der Waals surface area contributed by atoms with E-state index in [2.05, 4.69) is 65.6 Å². The standard InChI is InChI=1S/C13H20IN3/c1-10(2)17(8-7-13(15)16)9-11-3-5-12(14)6-4-11/h3-6,10H,7-9H2,1-2H3,(H3,15,16). The monoisotopic (exact) mass is 345 g/mol. The normalized spacial score (nSPS) is 11.1. The van der Waals surface area contributed by atoms with E-state index in [1.165, 1.54) is 9.13 Å². The van der Waals surface area contributed by atoms with Crippen LogP contribution in [0.15, 0.2) is 24.3 Å². The van der Waals surface area contributed by atoms with Gasteiger partial charge in [-0.2, -0.15) is 0 Å². The Morgan fingerprint density at radius 3 is 2.41 bits per heavy atom. The molecule has 0 saturated carbocycles. The van der Waals surface area contributed by atoms with E-state index in [4.69, 9.17) is 11.1 Å². The molecule has 0 atom stereocenters. The summed E-state index contributed by atoms with van der Waals surface area (Å²) in [6.07, 6.45) is 0.641. The van der Waals surface area contributed by atoms with Crippen LogP contribution in [0.3, 0.4) is 0 Å². The smallest absolute Gasteiger partial charge is 0.0918 e. The molecule has 0 fully saturated rings. The molecule has 0 aliphatic rings. The molecule has 4 heteroatoms. The first-order valence-corrected chi connectivity index (χ1v) is 6.88. The van der Waals surface area contributed by atoms with Crippen molar-refractivity contribution >= 4 is 28.4 Å². The van der Waals surface area contributed by atoms with Crippen LogP contribution in [0.1, 0.15) is 25.8 Å². The quantitative estimate of drug-likeness (QED) is 0.473. The third kappa shape index (κ3) is 5.50. The van der Waals surface area contributed by atoms with E-state index in [-0.39, 0.29) is 5.84 Å². The van der Waals surface area contributed by atoms with Crippen molar-refractivity contribution in [2.75, 3.05) is 6.54 Å². The zero-order valence-corrected chi connectivity index (χ0v) is 12.6. The van der Waals surface area contributed by atoms with Crippen molar-refractivity contribution in [2.24, 2.45) is 5.73 Å². The van der Waals surface area contributed by atoms with Gasteiger partial charge < -0.3 is 5.73 Å². The maximum absolute atomic E-state index is 7.29. The molecule has 1 rings (SSSR count). The Morgan fingerprint density at radius 2 is 1.94 bits per heavy atom. The first kappa shape index (κ1) is 14.4. The molecule has 0 unspecified atom stereocenters. The highest BCUT2D eigenvalue weighted by atomic mass is 127. The summed E-state index contributed by atoms with van der Waals surface area (Å²) in [5.41, 5.74) is 6.72.